The van der Waals surface area contributed by atoms with Crippen LogP contribution in [-0.2, 0) is 9.47 Å². The number of hydrogen-bond acceptors (Lipinski definition) is 7. The lowest BCUT2D eigenvalue weighted by atomic mass is 10.1. The predicted octanol–water partition coefficient (Wildman–Crippen LogP) is 6.76. The molecule has 2 amide bonds. The number of rotatable bonds is 4. The second-order valence-electron chi connectivity index (χ2n) is 11.3. The molecule has 3 rings (SSSR count). The molecule has 0 aliphatic carbocycles. The van der Waals surface area contributed by atoms with Crippen molar-refractivity contribution >= 4 is 35.3 Å². The smallest absolute Gasteiger partial charge is 0.425 e. The molecule has 3 aromatic rings. The zero-order chi connectivity index (χ0) is 28.7. The summed E-state index contributed by atoms with van der Waals surface area (Å²) in [7, 11) is 1.56. The lowest BCUT2D eigenvalue weighted by Crippen LogP contribution is -2.45. The first-order valence-electron chi connectivity index (χ1n) is 12.4. The van der Waals surface area contributed by atoms with Crippen molar-refractivity contribution in [3.05, 3.63) is 46.1 Å². The van der Waals surface area contributed by atoms with Gasteiger partial charge in [-0.2, -0.15) is 4.90 Å². The molecule has 2 aromatic heterocycles. The van der Waals surface area contributed by atoms with Crippen LogP contribution < -0.4 is 9.64 Å². The van der Waals surface area contributed by atoms with Crippen LogP contribution in [0.1, 0.15) is 74.3 Å². The molecule has 0 unspecified atom stereocenters. The van der Waals surface area contributed by atoms with Crippen molar-refractivity contribution in [2.45, 2.75) is 80.4 Å². The standard InChI is InChI=1S/C29H37N3O6/c1-16-12-13-22(36-11)18(3)23(16)31-24-20(14-17(2)19(4)30-24)21(15-33)25(31)32(26(34)37-28(5,6)7)27(35)38-29(8,9)10/h12-15H,1-11H3. The molecule has 0 saturated heterocycles. The summed E-state index contributed by atoms with van der Waals surface area (Å²) in [4.78, 5) is 45.6. The van der Waals surface area contributed by atoms with Crippen molar-refractivity contribution in [1.29, 1.82) is 0 Å². The molecule has 0 bridgehead atoms. The minimum Gasteiger partial charge on any atom is -0.496 e. The van der Waals surface area contributed by atoms with E-state index in [4.69, 9.17) is 19.2 Å². The van der Waals surface area contributed by atoms with Gasteiger partial charge in [-0.1, -0.05) is 6.07 Å². The van der Waals surface area contributed by atoms with E-state index < -0.39 is 23.4 Å². The van der Waals surface area contributed by atoms with Gasteiger partial charge in [-0.3, -0.25) is 9.36 Å². The number of fused-ring (bicyclic) bond motifs is 1. The Morgan fingerprint density at radius 1 is 0.921 bits per heavy atom. The Morgan fingerprint density at radius 3 is 1.95 bits per heavy atom. The number of aldehydes is 1. The van der Waals surface area contributed by atoms with E-state index in [1.165, 1.54) is 0 Å². The Bertz CT molecular complexity index is 1400. The van der Waals surface area contributed by atoms with Crippen LogP contribution in [-0.4, -0.2) is 46.3 Å². The highest BCUT2D eigenvalue weighted by Crippen LogP contribution is 2.40. The fourth-order valence-electron chi connectivity index (χ4n) is 4.20. The van der Waals surface area contributed by atoms with Crippen molar-refractivity contribution < 1.29 is 28.6 Å². The summed E-state index contributed by atoms with van der Waals surface area (Å²) in [5.74, 6) is 0.575. The van der Waals surface area contributed by atoms with Crippen LogP contribution in [0.3, 0.4) is 0 Å². The van der Waals surface area contributed by atoms with Gasteiger partial charge in [0.2, 0.25) is 0 Å². The SMILES string of the molecule is COc1ccc(C)c(-n2c(N(C(=O)OC(C)(C)C)C(=O)OC(C)(C)C)c(C=O)c3cc(C)c(C)nc32)c1C. The Hall–Kier alpha value is -3.88. The second-order valence-corrected chi connectivity index (χ2v) is 11.3. The van der Waals surface area contributed by atoms with Gasteiger partial charge in [-0.05, 0) is 92.5 Å². The fraction of sp³-hybridized carbons (Fsp3) is 0.448. The van der Waals surface area contributed by atoms with E-state index in [1.54, 1.807) is 53.2 Å². The number of aryl methyl sites for hydroxylation is 3. The van der Waals surface area contributed by atoms with Crippen molar-refractivity contribution in [2.75, 3.05) is 12.0 Å². The highest BCUT2D eigenvalue weighted by Gasteiger charge is 2.38. The lowest BCUT2D eigenvalue weighted by Gasteiger charge is -2.30. The minimum atomic E-state index is -0.981. The third-order valence-corrected chi connectivity index (χ3v) is 5.91. The Kier molecular flexibility index (Phi) is 7.64. The maximum atomic E-state index is 13.7. The van der Waals surface area contributed by atoms with Crippen molar-refractivity contribution in [2.24, 2.45) is 0 Å². The van der Waals surface area contributed by atoms with E-state index in [0.717, 1.165) is 27.3 Å². The van der Waals surface area contributed by atoms with Crippen LogP contribution in [0.25, 0.3) is 16.7 Å². The number of imide groups is 1. The Balaban J connectivity index is 2.56. The van der Waals surface area contributed by atoms with Gasteiger partial charge in [0, 0.05) is 16.6 Å². The zero-order valence-electron chi connectivity index (χ0n) is 24.1. The molecular weight excluding hydrogens is 486 g/mol. The molecule has 0 aliphatic rings. The molecule has 0 spiro atoms. The summed E-state index contributed by atoms with van der Waals surface area (Å²) in [6.07, 6.45) is -1.34. The molecule has 38 heavy (non-hydrogen) atoms. The van der Waals surface area contributed by atoms with E-state index in [1.807, 2.05) is 45.9 Å². The number of nitrogens with zero attached hydrogens (tertiary/aromatic N) is 3. The number of anilines is 1. The minimum absolute atomic E-state index is 0.0181. The van der Waals surface area contributed by atoms with Crippen LogP contribution in [0.15, 0.2) is 18.2 Å². The normalized spacial score (nSPS) is 11.9. The summed E-state index contributed by atoms with van der Waals surface area (Å²) >= 11 is 0. The maximum absolute atomic E-state index is 13.7. The summed E-state index contributed by atoms with van der Waals surface area (Å²) in [6, 6.07) is 5.53. The van der Waals surface area contributed by atoms with Crippen molar-refractivity contribution in [1.82, 2.24) is 9.55 Å². The molecule has 9 nitrogen and oxygen atoms in total. The van der Waals surface area contributed by atoms with E-state index >= 15 is 0 Å². The molecule has 0 N–H and O–H groups in total. The quantitative estimate of drug-likeness (QED) is 0.348. The second kappa shape index (κ2) is 10.1. The third kappa shape index (κ3) is 5.51. The number of carbonyl (C=O) groups excluding carboxylic acids is 3. The topological polar surface area (TPSA) is 100.0 Å². The van der Waals surface area contributed by atoms with Crippen LogP contribution >= 0.6 is 0 Å². The molecule has 2 heterocycles. The van der Waals surface area contributed by atoms with Gasteiger partial charge in [0.25, 0.3) is 0 Å². The number of amides is 2. The van der Waals surface area contributed by atoms with Gasteiger partial charge in [0.05, 0.1) is 18.4 Å². The van der Waals surface area contributed by atoms with Crippen LogP contribution in [0.4, 0.5) is 15.4 Å². The molecule has 0 atom stereocenters. The largest absolute Gasteiger partial charge is 0.496 e. The summed E-state index contributed by atoms with van der Waals surface area (Å²) in [6.45, 7) is 17.7. The highest BCUT2D eigenvalue weighted by molar-refractivity contribution is 6.16. The number of benzene rings is 1. The predicted molar refractivity (Wildman–Crippen MR) is 147 cm³/mol. The van der Waals surface area contributed by atoms with Gasteiger partial charge in [-0.25, -0.2) is 14.6 Å². The summed E-state index contributed by atoms with van der Waals surface area (Å²) < 4.78 is 18.5. The molecule has 0 radical (unpaired) electrons. The molecule has 0 aliphatic heterocycles. The average Bonchev–Trinajstić information content (AvgIpc) is 3.04. The Labute approximate surface area is 223 Å². The number of methoxy groups -OCH3 is 1. The molecular formula is C29H37N3O6. The average molecular weight is 524 g/mol. The summed E-state index contributed by atoms with van der Waals surface area (Å²) in [5.41, 5.74) is 2.40. The van der Waals surface area contributed by atoms with Gasteiger partial charge in [0.1, 0.15) is 28.4 Å². The van der Waals surface area contributed by atoms with E-state index in [0.29, 0.717) is 28.8 Å². The maximum Gasteiger partial charge on any atom is 0.425 e. The first kappa shape index (κ1) is 28.7. The molecule has 0 saturated carbocycles. The van der Waals surface area contributed by atoms with E-state index in [2.05, 4.69) is 0 Å². The first-order valence-corrected chi connectivity index (χ1v) is 12.4. The van der Waals surface area contributed by atoms with Crippen LogP contribution in [0.5, 0.6) is 5.75 Å². The lowest BCUT2D eigenvalue weighted by molar-refractivity contribution is 0.0428. The number of hydrogen-bond donors (Lipinski definition) is 0. The highest BCUT2D eigenvalue weighted by atomic mass is 16.6. The van der Waals surface area contributed by atoms with Crippen LogP contribution in [0, 0.1) is 27.7 Å². The van der Waals surface area contributed by atoms with Gasteiger partial charge >= 0.3 is 12.2 Å². The molecule has 204 valence electrons. The van der Waals surface area contributed by atoms with E-state index in [9.17, 15) is 14.4 Å². The van der Waals surface area contributed by atoms with Crippen LogP contribution in [0.2, 0.25) is 0 Å². The molecule has 1 aromatic carbocycles. The van der Waals surface area contributed by atoms with Gasteiger partial charge in [0.15, 0.2) is 6.29 Å². The number of aromatic nitrogens is 2. The van der Waals surface area contributed by atoms with Gasteiger partial charge in [-0.15, -0.1) is 0 Å². The first-order chi connectivity index (χ1) is 17.5. The fourth-order valence-corrected chi connectivity index (χ4v) is 4.20. The number of carbonyl (C=O) groups is 3. The van der Waals surface area contributed by atoms with Crippen molar-refractivity contribution in [3.8, 4) is 11.4 Å². The van der Waals surface area contributed by atoms with Crippen molar-refractivity contribution in [3.63, 3.8) is 0 Å². The third-order valence-electron chi connectivity index (χ3n) is 5.91. The monoisotopic (exact) mass is 523 g/mol. The zero-order valence-corrected chi connectivity index (χ0v) is 24.1. The van der Waals surface area contributed by atoms with E-state index in [-0.39, 0.29) is 11.4 Å². The summed E-state index contributed by atoms with van der Waals surface area (Å²) in [5, 5.41) is 0.483. The van der Waals surface area contributed by atoms with Gasteiger partial charge < -0.3 is 14.2 Å². The number of ether oxygens (including phenoxy) is 3. The molecule has 0 fully saturated rings. The Morgan fingerprint density at radius 2 is 1.47 bits per heavy atom. The number of pyridine rings is 1. The molecule has 9 heteroatoms.